The maximum Gasteiger partial charge on any atom is 0.277 e. The highest BCUT2D eigenvalue weighted by atomic mass is 16.3. The summed E-state index contributed by atoms with van der Waals surface area (Å²) in [6, 6.07) is 7.02. The van der Waals surface area contributed by atoms with E-state index in [0.29, 0.717) is 11.3 Å². The van der Waals surface area contributed by atoms with Crippen molar-refractivity contribution in [2.75, 3.05) is 18.5 Å². The number of rotatable bonds is 6. The van der Waals surface area contributed by atoms with Crippen LogP contribution in [0.2, 0.25) is 0 Å². The number of carbonyl (C=O) groups excluding carboxylic acids is 3. The van der Waals surface area contributed by atoms with E-state index in [9.17, 15) is 14.4 Å². The first-order chi connectivity index (χ1) is 12.6. The molecular weight excluding hydrogens is 334 g/mol. The first kappa shape index (κ1) is 18.1. The zero-order valence-corrected chi connectivity index (χ0v) is 14.5. The zero-order valence-electron chi connectivity index (χ0n) is 14.5. The molecule has 1 aromatic carbocycles. The summed E-state index contributed by atoms with van der Waals surface area (Å²) >= 11 is 0. The maximum absolute atomic E-state index is 12.3. The fourth-order valence-electron chi connectivity index (χ4n) is 3.29. The second-order valence-electron chi connectivity index (χ2n) is 6.59. The molecule has 0 unspecified atom stereocenters. The summed E-state index contributed by atoms with van der Waals surface area (Å²) in [5.41, 5.74) is 1.33. The Labute approximate surface area is 152 Å². The second-order valence-corrected chi connectivity index (χ2v) is 6.59. The van der Waals surface area contributed by atoms with E-state index in [4.69, 9.17) is 5.11 Å². The molecule has 3 N–H and O–H groups in total. The number of hydrogen-bond donors (Lipinski definition) is 3. The summed E-state index contributed by atoms with van der Waals surface area (Å²) < 4.78 is 0. The van der Waals surface area contributed by atoms with E-state index in [1.807, 2.05) is 0 Å². The molecule has 7 nitrogen and oxygen atoms in total. The summed E-state index contributed by atoms with van der Waals surface area (Å²) in [5.74, 6) is -1.01. The number of imide groups is 1. The van der Waals surface area contributed by atoms with Crippen LogP contribution in [0, 0.1) is 0 Å². The van der Waals surface area contributed by atoms with Gasteiger partial charge in [0.05, 0.1) is 13.2 Å². The first-order valence-electron chi connectivity index (χ1n) is 8.95. The summed E-state index contributed by atoms with van der Waals surface area (Å²) in [5, 5.41) is 14.9. The van der Waals surface area contributed by atoms with Crippen LogP contribution in [0.3, 0.4) is 0 Å². The fourth-order valence-corrected chi connectivity index (χ4v) is 3.29. The Bertz CT molecular complexity index is 721. The Morgan fingerprint density at radius 2 is 1.81 bits per heavy atom. The molecule has 0 aromatic heterocycles. The number of aliphatic hydroxyl groups excluding tert-OH is 1. The highest BCUT2D eigenvalue weighted by Crippen LogP contribution is 2.19. The highest BCUT2D eigenvalue weighted by Gasteiger charge is 2.30. The topological polar surface area (TPSA) is 98.7 Å². The van der Waals surface area contributed by atoms with E-state index >= 15 is 0 Å². The SMILES string of the molecule is O=C(NC1CCCCC1)c1ccc(NC2=CC(=O)N(CCO)C2=O)cc1. The molecule has 1 fully saturated rings. The van der Waals surface area contributed by atoms with Crippen LogP contribution in [0.25, 0.3) is 0 Å². The van der Waals surface area contributed by atoms with E-state index in [-0.39, 0.29) is 30.8 Å². The van der Waals surface area contributed by atoms with Gasteiger partial charge in [0.1, 0.15) is 5.70 Å². The maximum atomic E-state index is 12.3. The van der Waals surface area contributed by atoms with Gasteiger partial charge < -0.3 is 15.7 Å². The third-order valence-corrected chi connectivity index (χ3v) is 4.70. The van der Waals surface area contributed by atoms with E-state index < -0.39 is 11.8 Å². The minimum Gasteiger partial charge on any atom is -0.395 e. The Hall–Kier alpha value is -2.67. The van der Waals surface area contributed by atoms with Crippen LogP contribution in [-0.4, -0.2) is 46.9 Å². The van der Waals surface area contributed by atoms with Crippen molar-refractivity contribution in [2.24, 2.45) is 0 Å². The van der Waals surface area contributed by atoms with Crippen LogP contribution >= 0.6 is 0 Å². The van der Waals surface area contributed by atoms with E-state index in [2.05, 4.69) is 10.6 Å². The first-order valence-corrected chi connectivity index (χ1v) is 8.95. The lowest BCUT2D eigenvalue weighted by atomic mass is 9.95. The molecule has 1 aromatic rings. The molecule has 3 amide bonds. The van der Waals surface area contributed by atoms with Gasteiger partial charge in [0.15, 0.2) is 0 Å². The summed E-state index contributed by atoms with van der Waals surface area (Å²) in [6.45, 7) is -0.303. The summed E-state index contributed by atoms with van der Waals surface area (Å²) in [4.78, 5) is 37.1. The van der Waals surface area contributed by atoms with Crippen molar-refractivity contribution in [2.45, 2.75) is 38.1 Å². The number of nitrogens with zero attached hydrogens (tertiary/aromatic N) is 1. The van der Waals surface area contributed by atoms with Gasteiger partial charge in [-0.05, 0) is 37.1 Å². The van der Waals surface area contributed by atoms with E-state index in [1.54, 1.807) is 24.3 Å². The number of anilines is 1. The fraction of sp³-hybridized carbons (Fsp3) is 0.421. The molecule has 26 heavy (non-hydrogen) atoms. The third-order valence-electron chi connectivity index (χ3n) is 4.70. The Morgan fingerprint density at radius 3 is 2.46 bits per heavy atom. The average molecular weight is 357 g/mol. The Morgan fingerprint density at radius 1 is 1.12 bits per heavy atom. The molecular formula is C19H23N3O4. The van der Waals surface area contributed by atoms with Crippen LogP contribution in [0.4, 0.5) is 5.69 Å². The lowest BCUT2D eigenvalue weighted by molar-refractivity contribution is -0.137. The van der Waals surface area contributed by atoms with Crippen molar-refractivity contribution in [1.82, 2.24) is 10.2 Å². The van der Waals surface area contributed by atoms with E-state index in [1.165, 1.54) is 12.5 Å². The van der Waals surface area contributed by atoms with Gasteiger partial charge in [-0.3, -0.25) is 19.3 Å². The number of β-amino-alcohol motifs (C(OH)–C–C–N with tert-alkyl or cyclic N) is 1. The number of carbonyl (C=O) groups is 3. The molecule has 0 saturated heterocycles. The molecule has 0 atom stereocenters. The Balaban J connectivity index is 1.59. The predicted octanol–water partition coefficient (Wildman–Crippen LogP) is 1.41. The molecule has 1 saturated carbocycles. The van der Waals surface area contributed by atoms with Gasteiger partial charge >= 0.3 is 0 Å². The summed E-state index contributed by atoms with van der Waals surface area (Å²) in [7, 11) is 0. The van der Waals surface area contributed by atoms with Gasteiger partial charge in [0, 0.05) is 23.4 Å². The monoisotopic (exact) mass is 357 g/mol. The van der Waals surface area contributed by atoms with Crippen LogP contribution in [0.1, 0.15) is 42.5 Å². The molecule has 2 aliphatic rings. The Kier molecular flexibility index (Phi) is 5.68. The van der Waals surface area contributed by atoms with Crippen molar-refractivity contribution >= 4 is 23.4 Å². The van der Waals surface area contributed by atoms with Crippen molar-refractivity contribution in [3.05, 3.63) is 41.6 Å². The smallest absolute Gasteiger partial charge is 0.277 e. The molecule has 1 aliphatic heterocycles. The van der Waals surface area contributed by atoms with Gasteiger partial charge in [0.2, 0.25) is 0 Å². The third kappa shape index (κ3) is 4.11. The summed E-state index contributed by atoms with van der Waals surface area (Å²) in [6.07, 6.45) is 6.81. The van der Waals surface area contributed by atoms with E-state index in [0.717, 1.165) is 30.6 Å². The molecule has 1 heterocycles. The quantitative estimate of drug-likeness (QED) is 0.669. The number of nitrogens with one attached hydrogen (secondary N) is 2. The van der Waals surface area contributed by atoms with Crippen LogP contribution in [0.15, 0.2) is 36.0 Å². The molecule has 3 rings (SSSR count). The van der Waals surface area contributed by atoms with Crippen LogP contribution in [0.5, 0.6) is 0 Å². The molecule has 1 aliphatic carbocycles. The molecule has 7 heteroatoms. The normalized spacial score (nSPS) is 18.0. The van der Waals surface area contributed by atoms with Crippen LogP contribution < -0.4 is 10.6 Å². The molecule has 0 radical (unpaired) electrons. The molecule has 0 bridgehead atoms. The average Bonchev–Trinajstić information content (AvgIpc) is 2.91. The van der Waals surface area contributed by atoms with Crippen molar-refractivity contribution in [3.8, 4) is 0 Å². The largest absolute Gasteiger partial charge is 0.395 e. The van der Waals surface area contributed by atoms with Gasteiger partial charge in [-0.15, -0.1) is 0 Å². The second kappa shape index (κ2) is 8.14. The van der Waals surface area contributed by atoms with Crippen molar-refractivity contribution < 1.29 is 19.5 Å². The predicted molar refractivity (Wildman–Crippen MR) is 96.3 cm³/mol. The minimum absolute atomic E-state index is 0.0282. The van der Waals surface area contributed by atoms with Gasteiger partial charge in [-0.1, -0.05) is 19.3 Å². The van der Waals surface area contributed by atoms with Gasteiger partial charge in [-0.25, -0.2) is 0 Å². The lowest BCUT2D eigenvalue weighted by Crippen LogP contribution is -2.36. The molecule has 138 valence electrons. The zero-order chi connectivity index (χ0) is 18.5. The van der Waals surface area contributed by atoms with Crippen LogP contribution in [-0.2, 0) is 9.59 Å². The number of aliphatic hydroxyl groups is 1. The number of benzene rings is 1. The number of hydrogen-bond acceptors (Lipinski definition) is 5. The van der Waals surface area contributed by atoms with Crippen molar-refractivity contribution in [3.63, 3.8) is 0 Å². The minimum atomic E-state index is -0.469. The van der Waals surface area contributed by atoms with Gasteiger partial charge in [0.25, 0.3) is 17.7 Å². The number of amides is 3. The van der Waals surface area contributed by atoms with Gasteiger partial charge in [-0.2, -0.15) is 0 Å². The lowest BCUT2D eigenvalue weighted by Gasteiger charge is -2.22. The molecule has 0 spiro atoms. The highest BCUT2D eigenvalue weighted by molar-refractivity contribution is 6.17. The standard InChI is InChI=1S/C19H23N3O4/c23-11-10-22-17(24)12-16(19(22)26)20-15-8-6-13(7-9-15)18(25)21-14-4-2-1-3-5-14/h6-9,12,14,20,23H,1-5,10-11H2,(H,21,25). The van der Waals surface area contributed by atoms with Crippen molar-refractivity contribution in [1.29, 1.82) is 0 Å².